The van der Waals surface area contributed by atoms with Gasteiger partial charge in [-0.2, -0.15) is 5.21 Å². The summed E-state index contributed by atoms with van der Waals surface area (Å²) in [7, 11) is 0. The van der Waals surface area contributed by atoms with E-state index in [1.54, 1.807) is 12.5 Å². The number of rotatable bonds is 10. The molecule has 190 valence electrons. The van der Waals surface area contributed by atoms with Crippen LogP contribution >= 0.6 is 15.9 Å². The first kappa shape index (κ1) is 24.9. The minimum Gasteiger partial charge on any atom is -0.477 e. The molecule has 2 aromatic heterocycles. The SMILES string of the molecule is CCCCc1nc(CCC)c(C(=O)O)n1Cc1c2ccocc-2c(Br)c1-c1ccccc1-c1nn[nH]n1. The zero-order chi connectivity index (χ0) is 25.9. The number of aromatic nitrogens is 6. The standard InChI is InChI=1S/C27H27BrN6O3/c1-3-5-11-22-29-21(8-4-2)25(27(35)36)34(22)14-19-16-12-13-37-15-20(16)24(28)23(19)17-9-6-7-10-18(17)26-30-32-33-31-26/h6-7,9-10,12-13,15H,3-5,8,11,14H2,1-2H3,(H,35,36)(H,30,31,32,33). The van der Waals surface area contributed by atoms with Crippen molar-refractivity contribution >= 4 is 21.9 Å². The van der Waals surface area contributed by atoms with Crippen molar-refractivity contribution in [2.24, 2.45) is 0 Å². The summed E-state index contributed by atoms with van der Waals surface area (Å²) in [6, 6.07) is 9.77. The van der Waals surface area contributed by atoms with E-state index in [2.05, 4.69) is 43.5 Å². The van der Waals surface area contributed by atoms with Crippen LogP contribution in [0.4, 0.5) is 0 Å². The first-order chi connectivity index (χ1) is 18.0. The molecule has 0 saturated heterocycles. The molecule has 2 aliphatic rings. The molecule has 3 heterocycles. The van der Waals surface area contributed by atoms with E-state index in [1.165, 1.54) is 0 Å². The lowest BCUT2D eigenvalue weighted by molar-refractivity contribution is 0.0684. The van der Waals surface area contributed by atoms with Crippen molar-refractivity contribution in [3.8, 4) is 33.6 Å². The zero-order valence-corrected chi connectivity index (χ0v) is 22.2. The number of benzene rings is 1. The van der Waals surface area contributed by atoms with Gasteiger partial charge in [-0.3, -0.25) is 0 Å². The molecule has 3 aromatic rings. The highest BCUT2D eigenvalue weighted by molar-refractivity contribution is 9.10. The van der Waals surface area contributed by atoms with Gasteiger partial charge in [0.2, 0.25) is 5.82 Å². The van der Waals surface area contributed by atoms with Crippen molar-refractivity contribution in [1.82, 2.24) is 30.2 Å². The lowest BCUT2D eigenvalue weighted by Gasteiger charge is -2.15. The number of fused-ring (bicyclic) bond motifs is 1. The van der Waals surface area contributed by atoms with Crippen molar-refractivity contribution < 1.29 is 14.3 Å². The predicted octanol–water partition coefficient (Wildman–Crippen LogP) is 6.23. The van der Waals surface area contributed by atoms with Crippen molar-refractivity contribution in [2.45, 2.75) is 52.5 Å². The number of unbranched alkanes of at least 4 members (excludes halogenated alkanes) is 1. The molecule has 0 unspecified atom stereocenters. The fraction of sp³-hybridized carbons (Fsp3) is 0.296. The first-order valence-electron chi connectivity index (χ1n) is 12.4. The van der Waals surface area contributed by atoms with Gasteiger partial charge in [0.1, 0.15) is 5.82 Å². The number of carboxylic acids is 1. The molecule has 0 saturated carbocycles. The van der Waals surface area contributed by atoms with Crippen LogP contribution in [0.15, 0.2) is 51.7 Å². The number of aromatic carboxylic acids is 1. The second kappa shape index (κ2) is 10.7. The van der Waals surface area contributed by atoms with Crippen LogP contribution in [0.3, 0.4) is 0 Å². The number of nitrogens with zero attached hydrogens (tertiary/aromatic N) is 5. The number of halogens is 1. The highest BCUT2D eigenvalue weighted by atomic mass is 79.9. The summed E-state index contributed by atoms with van der Waals surface area (Å²) < 4.78 is 8.26. The van der Waals surface area contributed by atoms with Crippen molar-refractivity contribution in [2.75, 3.05) is 0 Å². The molecule has 0 bridgehead atoms. The number of aromatic amines is 1. The summed E-state index contributed by atoms with van der Waals surface area (Å²) in [5, 5.41) is 24.9. The molecule has 9 nitrogen and oxygen atoms in total. The quantitative estimate of drug-likeness (QED) is 0.206. The molecule has 5 rings (SSSR count). The lowest BCUT2D eigenvalue weighted by Crippen LogP contribution is -2.14. The fourth-order valence-corrected chi connectivity index (χ4v) is 5.64. The average molecular weight is 563 g/mol. The van der Waals surface area contributed by atoms with Gasteiger partial charge in [0, 0.05) is 27.6 Å². The Kier molecular flexibility index (Phi) is 7.18. The smallest absolute Gasteiger partial charge is 0.354 e. The number of imidazole rings is 1. The van der Waals surface area contributed by atoms with E-state index in [0.29, 0.717) is 30.9 Å². The maximum absolute atomic E-state index is 12.5. The van der Waals surface area contributed by atoms with Gasteiger partial charge in [-0.15, -0.1) is 10.2 Å². The van der Waals surface area contributed by atoms with Crippen LogP contribution < -0.4 is 0 Å². The van der Waals surface area contributed by atoms with Gasteiger partial charge < -0.3 is 14.1 Å². The number of hydrogen-bond acceptors (Lipinski definition) is 6. The lowest BCUT2D eigenvalue weighted by atomic mass is 9.97. The van der Waals surface area contributed by atoms with Gasteiger partial charge in [-0.1, -0.05) is 51.0 Å². The monoisotopic (exact) mass is 562 g/mol. The van der Waals surface area contributed by atoms with Crippen molar-refractivity contribution in [3.63, 3.8) is 0 Å². The molecule has 0 spiro atoms. The number of nitrogens with one attached hydrogen (secondary N) is 1. The van der Waals surface area contributed by atoms with E-state index in [4.69, 9.17) is 9.40 Å². The third kappa shape index (κ3) is 4.57. The second-order valence-corrected chi connectivity index (χ2v) is 9.69. The van der Waals surface area contributed by atoms with E-state index in [1.807, 2.05) is 41.8 Å². The Hall–Kier alpha value is -3.79. The average Bonchev–Trinajstić information content (AvgIpc) is 3.61. The molecular weight excluding hydrogens is 536 g/mol. The summed E-state index contributed by atoms with van der Waals surface area (Å²) in [6.45, 7) is 4.50. The number of tetrazole rings is 1. The third-order valence-corrected chi connectivity index (χ3v) is 7.36. The molecule has 1 aliphatic heterocycles. The molecule has 37 heavy (non-hydrogen) atoms. The van der Waals surface area contributed by atoms with E-state index in [0.717, 1.165) is 62.9 Å². The first-order valence-corrected chi connectivity index (χ1v) is 13.1. The molecule has 0 radical (unpaired) electrons. The number of carboxylic acid groups (broad SMARTS) is 1. The summed E-state index contributed by atoms with van der Waals surface area (Å²) >= 11 is 3.82. The Bertz CT molecular complexity index is 1500. The van der Waals surface area contributed by atoms with E-state index >= 15 is 0 Å². The Morgan fingerprint density at radius 1 is 1.08 bits per heavy atom. The topological polar surface area (TPSA) is 123 Å². The molecule has 2 N–H and O–H groups in total. The van der Waals surface area contributed by atoms with Gasteiger partial charge in [-0.05, 0) is 56.7 Å². The van der Waals surface area contributed by atoms with Gasteiger partial charge in [0.25, 0.3) is 0 Å². The van der Waals surface area contributed by atoms with Crippen LogP contribution in [0.1, 0.15) is 60.7 Å². The number of H-pyrrole nitrogens is 1. The summed E-state index contributed by atoms with van der Waals surface area (Å²) in [4.78, 5) is 17.3. The van der Waals surface area contributed by atoms with Crippen LogP contribution in [-0.4, -0.2) is 41.3 Å². The molecule has 0 fully saturated rings. The maximum Gasteiger partial charge on any atom is 0.354 e. The predicted molar refractivity (Wildman–Crippen MR) is 143 cm³/mol. The number of carbonyl (C=O) groups is 1. The van der Waals surface area contributed by atoms with Gasteiger partial charge in [0.15, 0.2) is 5.69 Å². The molecule has 1 aromatic carbocycles. The fourth-order valence-electron chi connectivity index (χ4n) is 4.88. The normalized spacial score (nSPS) is 11.4. The Morgan fingerprint density at radius 2 is 1.89 bits per heavy atom. The van der Waals surface area contributed by atoms with E-state index in [9.17, 15) is 9.90 Å². The summed E-state index contributed by atoms with van der Waals surface area (Å²) in [5.41, 5.74) is 6.39. The van der Waals surface area contributed by atoms with Crippen LogP contribution in [0, 0.1) is 0 Å². The summed E-state index contributed by atoms with van der Waals surface area (Å²) in [5.74, 6) is 0.315. The molecule has 10 heteroatoms. The largest absolute Gasteiger partial charge is 0.477 e. The maximum atomic E-state index is 12.5. The van der Waals surface area contributed by atoms with Crippen LogP contribution in [0.2, 0.25) is 0 Å². The van der Waals surface area contributed by atoms with Crippen LogP contribution in [-0.2, 0) is 19.4 Å². The molecule has 0 atom stereocenters. The number of hydrogen-bond donors (Lipinski definition) is 2. The van der Waals surface area contributed by atoms with E-state index < -0.39 is 5.97 Å². The molecule has 1 aliphatic carbocycles. The third-order valence-electron chi connectivity index (χ3n) is 6.53. The van der Waals surface area contributed by atoms with Gasteiger partial charge >= 0.3 is 5.97 Å². The Morgan fingerprint density at radius 3 is 2.59 bits per heavy atom. The molecular formula is C27H27BrN6O3. The number of aryl methyl sites for hydroxylation is 2. The minimum atomic E-state index is -0.961. The highest BCUT2D eigenvalue weighted by Gasteiger charge is 2.29. The Labute approximate surface area is 222 Å². The summed E-state index contributed by atoms with van der Waals surface area (Å²) in [6.07, 6.45) is 7.42. The Balaban J connectivity index is 1.75. The minimum absolute atomic E-state index is 0.261. The van der Waals surface area contributed by atoms with Gasteiger partial charge in [0.05, 0.1) is 24.8 Å². The highest BCUT2D eigenvalue weighted by Crippen LogP contribution is 2.48. The second-order valence-electron chi connectivity index (χ2n) is 8.90. The molecule has 0 amide bonds. The van der Waals surface area contributed by atoms with Gasteiger partial charge in [-0.25, -0.2) is 9.78 Å². The van der Waals surface area contributed by atoms with E-state index in [-0.39, 0.29) is 5.69 Å². The van der Waals surface area contributed by atoms with Crippen LogP contribution in [0.25, 0.3) is 33.6 Å². The van der Waals surface area contributed by atoms with Crippen molar-refractivity contribution in [3.05, 3.63) is 70.1 Å². The van der Waals surface area contributed by atoms with Crippen molar-refractivity contribution in [1.29, 1.82) is 0 Å². The van der Waals surface area contributed by atoms with Crippen LogP contribution in [0.5, 0.6) is 0 Å². The zero-order valence-electron chi connectivity index (χ0n) is 20.7.